The maximum Gasteiger partial charge on any atom is 0.257 e. The fourth-order valence-electron chi connectivity index (χ4n) is 1.81. The van der Waals surface area contributed by atoms with E-state index in [1.165, 1.54) is 23.6 Å². The number of benzene rings is 1. The Labute approximate surface area is 124 Å². The number of carbonyl (C=O) groups excluding carboxylic acids is 1. The van der Waals surface area contributed by atoms with Crippen LogP contribution in [0.15, 0.2) is 54.2 Å². The van der Waals surface area contributed by atoms with Crippen LogP contribution in [-0.2, 0) is 0 Å². The minimum Gasteiger partial charge on any atom is -0.322 e. The van der Waals surface area contributed by atoms with Crippen LogP contribution in [0, 0.1) is 5.95 Å². The summed E-state index contributed by atoms with van der Waals surface area (Å²) < 4.78 is 12.7. The molecule has 0 aliphatic heterocycles. The van der Waals surface area contributed by atoms with Gasteiger partial charge in [0.2, 0.25) is 5.95 Å². The van der Waals surface area contributed by atoms with Gasteiger partial charge in [0, 0.05) is 29.0 Å². The van der Waals surface area contributed by atoms with Crippen LogP contribution >= 0.6 is 11.3 Å². The van der Waals surface area contributed by atoms with Crippen LogP contribution < -0.4 is 5.32 Å². The first-order valence-corrected chi connectivity index (χ1v) is 7.03. The summed E-state index contributed by atoms with van der Waals surface area (Å²) in [6, 6.07) is 9.94. The van der Waals surface area contributed by atoms with Gasteiger partial charge in [0.15, 0.2) is 0 Å². The van der Waals surface area contributed by atoms with Gasteiger partial charge < -0.3 is 5.32 Å². The lowest BCUT2D eigenvalue weighted by molar-refractivity contribution is 0.102. The van der Waals surface area contributed by atoms with Gasteiger partial charge in [-0.3, -0.25) is 4.79 Å². The van der Waals surface area contributed by atoms with Crippen molar-refractivity contribution in [3.8, 4) is 10.6 Å². The highest BCUT2D eigenvalue weighted by atomic mass is 32.1. The number of thiazole rings is 1. The summed E-state index contributed by atoms with van der Waals surface area (Å²) in [6.07, 6.45) is 2.94. The number of nitrogens with zero attached hydrogens (tertiary/aromatic N) is 2. The van der Waals surface area contributed by atoms with Crippen molar-refractivity contribution in [2.24, 2.45) is 0 Å². The third-order valence-electron chi connectivity index (χ3n) is 2.79. The van der Waals surface area contributed by atoms with E-state index in [0.717, 1.165) is 16.6 Å². The topological polar surface area (TPSA) is 54.9 Å². The van der Waals surface area contributed by atoms with E-state index in [2.05, 4.69) is 15.3 Å². The van der Waals surface area contributed by atoms with Crippen LogP contribution in [0.5, 0.6) is 0 Å². The standard InChI is InChI=1S/C15H10FN3OS/c16-13-5-4-11(9-18-13)14(20)19-12-3-1-2-10(8-12)15-17-6-7-21-15/h1-9H,(H,19,20). The Bertz CT molecular complexity index is 757. The van der Waals surface area contributed by atoms with Gasteiger partial charge in [-0.1, -0.05) is 12.1 Å². The molecule has 0 unspecified atom stereocenters. The molecular weight excluding hydrogens is 289 g/mol. The first-order chi connectivity index (χ1) is 10.2. The zero-order valence-electron chi connectivity index (χ0n) is 10.8. The average molecular weight is 299 g/mol. The number of amides is 1. The molecule has 0 saturated heterocycles. The summed E-state index contributed by atoms with van der Waals surface area (Å²) in [5.41, 5.74) is 1.88. The molecule has 0 saturated carbocycles. The summed E-state index contributed by atoms with van der Waals surface area (Å²) >= 11 is 1.53. The van der Waals surface area contributed by atoms with E-state index in [4.69, 9.17) is 0 Å². The van der Waals surface area contributed by atoms with Crippen LogP contribution in [0.25, 0.3) is 10.6 Å². The normalized spacial score (nSPS) is 10.3. The van der Waals surface area contributed by atoms with Crippen molar-refractivity contribution >= 4 is 22.9 Å². The minimum absolute atomic E-state index is 0.302. The van der Waals surface area contributed by atoms with Crippen molar-refractivity contribution in [2.45, 2.75) is 0 Å². The fraction of sp³-hybridized carbons (Fsp3) is 0. The molecule has 0 radical (unpaired) electrons. The van der Waals surface area contributed by atoms with Gasteiger partial charge >= 0.3 is 0 Å². The molecule has 2 heterocycles. The predicted molar refractivity (Wildman–Crippen MR) is 79.7 cm³/mol. The molecule has 21 heavy (non-hydrogen) atoms. The Kier molecular flexibility index (Phi) is 3.70. The zero-order chi connectivity index (χ0) is 14.7. The molecule has 1 aromatic carbocycles. The Balaban J connectivity index is 1.80. The molecular formula is C15H10FN3OS. The average Bonchev–Trinajstić information content (AvgIpc) is 3.02. The second kappa shape index (κ2) is 5.80. The number of hydrogen-bond donors (Lipinski definition) is 1. The molecule has 0 aliphatic rings. The first-order valence-electron chi connectivity index (χ1n) is 6.15. The van der Waals surface area contributed by atoms with Gasteiger partial charge in [-0.05, 0) is 24.3 Å². The highest BCUT2D eigenvalue weighted by molar-refractivity contribution is 7.13. The molecule has 0 atom stereocenters. The van der Waals surface area contributed by atoms with Crippen LogP contribution in [-0.4, -0.2) is 15.9 Å². The van der Waals surface area contributed by atoms with Crippen LogP contribution in [0.2, 0.25) is 0 Å². The number of aromatic nitrogens is 2. The van der Waals surface area contributed by atoms with Crippen molar-refractivity contribution in [2.75, 3.05) is 5.32 Å². The number of pyridine rings is 1. The molecule has 104 valence electrons. The molecule has 0 spiro atoms. The molecule has 1 N–H and O–H groups in total. The summed E-state index contributed by atoms with van der Waals surface area (Å²) in [4.78, 5) is 19.7. The zero-order valence-corrected chi connectivity index (χ0v) is 11.6. The van der Waals surface area contributed by atoms with E-state index in [-0.39, 0.29) is 5.91 Å². The number of rotatable bonds is 3. The van der Waals surface area contributed by atoms with Gasteiger partial charge in [-0.25, -0.2) is 9.97 Å². The maximum absolute atomic E-state index is 12.7. The number of halogens is 1. The number of carbonyl (C=O) groups is 1. The van der Waals surface area contributed by atoms with E-state index in [1.807, 2.05) is 23.6 Å². The summed E-state index contributed by atoms with van der Waals surface area (Å²) in [5.74, 6) is -0.948. The third-order valence-corrected chi connectivity index (χ3v) is 3.61. The molecule has 1 amide bonds. The van der Waals surface area contributed by atoms with Crippen molar-refractivity contribution in [3.63, 3.8) is 0 Å². The number of anilines is 1. The van der Waals surface area contributed by atoms with Gasteiger partial charge in [-0.2, -0.15) is 4.39 Å². The quantitative estimate of drug-likeness (QED) is 0.752. The second-order valence-electron chi connectivity index (χ2n) is 4.24. The monoisotopic (exact) mass is 299 g/mol. The molecule has 0 fully saturated rings. The third kappa shape index (κ3) is 3.11. The first kappa shape index (κ1) is 13.4. The van der Waals surface area contributed by atoms with Crippen LogP contribution in [0.1, 0.15) is 10.4 Å². The summed E-state index contributed by atoms with van der Waals surface area (Å²) in [6.45, 7) is 0. The van der Waals surface area contributed by atoms with Gasteiger partial charge in [0.25, 0.3) is 5.91 Å². The van der Waals surface area contributed by atoms with Crippen molar-refractivity contribution < 1.29 is 9.18 Å². The minimum atomic E-state index is -0.614. The van der Waals surface area contributed by atoms with Crippen molar-refractivity contribution in [1.29, 1.82) is 0 Å². The Morgan fingerprint density at radius 3 is 2.81 bits per heavy atom. The molecule has 3 rings (SSSR count). The lowest BCUT2D eigenvalue weighted by Crippen LogP contribution is -2.12. The number of hydrogen-bond acceptors (Lipinski definition) is 4. The number of nitrogens with one attached hydrogen (secondary N) is 1. The SMILES string of the molecule is O=C(Nc1cccc(-c2nccs2)c1)c1ccc(F)nc1. The van der Waals surface area contributed by atoms with E-state index < -0.39 is 5.95 Å². The van der Waals surface area contributed by atoms with Gasteiger partial charge in [0.1, 0.15) is 5.01 Å². The molecule has 3 aromatic rings. The van der Waals surface area contributed by atoms with E-state index in [1.54, 1.807) is 12.3 Å². The van der Waals surface area contributed by atoms with E-state index >= 15 is 0 Å². The largest absolute Gasteiger partial charge is 0.322 e. The Morgan fingerprint density at radius 2 is 2.10 bits per heavy atom. The fourth-order valence-corrected chi connectivity index (χ4v) is 2.44. The van der Waals surface area contributed by atoms with Crippen LogP contribution in [0.4, 0.5) is 10.1 Å². The van der Waals surface area contributed by atoms with E-state index in [9.17, 15) is 9.18 Å². The smallest absolute Gasteiger partial charge is 0.257 e. The molecule has 2 aromatic heterocycles. The Morgan fingerprint density at radius 1 is 1.19 bits per heavy atom. The van der Waals surface area contributed by atoms with Gasteiger partial charge in [-0.15, -0.1) is 11.3 Å². The predicted octanol–water partition coefficient (Wildman–Crippen LogP) is 3.60. The maximum atomic E-state index is 12.7. The molecule has 4 nitrogen and oxygen atoms in total. The summed E-state index contributed by atoms with van der Waals surface area (Å²) in [7, 11) is 0. The summed E-state index contributed by atoms with van der Waals surface area (Å²) in [5, 5.41) is 5.53. The highest BCUT2D eigenvalue weighted by Gasteiger charge is 2.08. The van der Waals surface area contributed by atoms with E-state index in [0.29, 0.717) is 11.3 Å². The molecule has 0 aliphatic carbocycles. The lowest BCUT2D eigenvalue weighted by atomic mass is 10.2. The highest BCUT2D eigenvalue weighted by Crippen LogP contribution is 2.24. The van der Waals surface area contributed by atoms with Gasteiger partial charge in [0.05, 0.1) is 5.56 Å². The second-order valence-corrected chi connectivity index (χ2v) is 5.14. The Hall–Kier alpha value is -2.60. The lowest BCUT2D eigenvalue weighted by Gasteiger charge is -2.06. The molecule has 6 heteroatoms. The van der Waals surface area contributed by atoms with Crippen molar-refractivity contribution in [3.05, 3.63) is 65.7 Å². The molecule has 0 bridgehead atoms. The van der Waals surface area contributed by atoms with Crippen LogP contribution in [0.3, 0.4) is 0 Å². The van der Waals surface area contributed by atoms with Crippen molar-refractivity contribution in [1.82, 2.24) is 9.97 Å².